The third kappa shape index (κ3) is 3.79. The maximum absolute atomic E-state index is 12.5. The molecule has 25 heavy (non-hydrogen) atoms. The average Bonchev–Trinajstić information content (AvgIpc) is 2.62. The number of thioether (sulfide) groups is 1. The summed E-state index contributed by atoms with van der Waals surface area (Å²) in [6.07, 6.45) is 0.343. The highest BCUT2D eigenvalue weighted by Gasteiger charge is 2.42. The van der Waals surface area contributed by atoms with Gasteiger partial charge in [-0.2, -0.15) is 0 Å². The van der Waals surface area contributed by atoms with Crippen molar-refractivity contribution in [2.75, 3.05) is 7.11 Å². The molecule has 2 aromatic carbocycles. The number of methoxy groups -OCH3 is 1. The van der Waals surface area contributed by atoms with Crippen LogP contribution in [-0.4, -0.2) is 29.3 Å². The molecule has 1 N–H and O–H groups in total. The Kier molecular flexibility index (Phi) is 5.28. The van der Waals surface area contributed by atoms with Crippen LogP contribution in [0.5, 0.6) is 5.75 Å². The minimum atomic E-state index is -0.361. The van der Waals surface area contributed by atoms with Crippen LogP contribution in [0.15, 0.2) is 59.5 Å². The summed E-state index contributed by atoms with van der Waals surface area (Å²) in [5, 5.41) is 2.68. The van der Waals surface area contributed by atoms with Crippen LogP contribution in [-0.2, 0) is 4.79 Å². The SMILES string of the molecule is COc1ccccc1S[C@@H]1CC(=O)N1C(=O)N[C@@H](C)c1ccccc1. The van der Waals surface area contributed by atoms with E-state index in [1.807, 2.05) is 61.5 Å². The Hall–Kier alpha value is -2.47. The fourth-order valence-corrected chi connectivity index (χ4v) is 3.93. The third-order valence-electron chi connectivity index (χ3n) is 4.10. The number of benzene rings is 2. The van der Waals surface area contributed by atoms with E-state index >= 15 is 0 Å². The summed E-state index contributed by atoms with van der Waals surface area (Å²) in [5.41, 5.74) is 0.998. The summed E-state index contributed by atoms with van der Waals surface area (Å²) < 4.78 is 5.33. The van der Waals surface area contributed by atoms with Crippen molar-refractivity contribution < 1.29 is 14.3 Å². The molecule has 2 aromatic rings. The Labute approximate surface area is 151 Å². The number of carbonyl (C=O) groups is 2. The lowest BCUT2D eigenvalue weighted by atomic mass is 10.1. The molecule has 1 aliphatic heterocycles. The lowest BCUT2D eigenvalue weighted by molar-refractivity contribution is -0.137. The van der Waals surface area contributed by atoms with Gasteiger partial charge in [-0.15, -0.1) is 0 Å². The van der Waals surface area contributed by atoms with Crippen molar-refractivity contribution in [2.45, 2.75) is 29.7 Å². The van der Waals surface area contributed by atoms with Crippen LogP contribution in [0, 0.1) is 0 Å². The molecule has 0 bridgehead atoms. The van der Waals surface area contributed by atoms with E-state index in [9.17, 15) is 9.59 Å². The molecule has 3 amide bonds. The smallest absolute Gasteiger partial charge is 0.325 e. The normalized spacial score (nSPS) is 17.6. The van der Waals surface area contributed by atoms with Crippen molar-refractivity contribution >= 4 is 23.7 Å². The van der Waals surface area contributed by atoms with Gasteiger partial charge in [0.2, 0.25) is 5.91 Å². The summed E-state index contributed by atoms with van der Waals surface area (Å²) in [6, 6.07) is 16.7. The number of nitrogens with zero attached hydrogens (tertiary/aromatic N) is 1. The summed E-state index contributed by atoms with van der Waals surface area (Å²) >= 11 is 1.46. The van der Waals surface area contributed by atoms with Gasteiger partial charge in [-0.1, -0.05) is 54.2 Å². The molecular formula is C19H20N2O3S. The van der Waals surface area contributed by atoms with Crippen LogP contribution in [0.3, 0.4) is 0 Å². The molecule has 3 rings (SSSR count). The fourth-order valence-electron chi connectivity index (χ4n) is 2.67. The van der Waals surface area contributed by atoms with Gasteiger partial charge in [-0.25, -0.2) is 4.79 Å². The molecule has 0 aliphatic carbocycles. The zero-order chi connectivity index (χ0) is 17.8. The first-order chi connectivity index (χ1) is 12.1. The molecule has 0 spiro atoms. The summed E-state index contributed by atoms with van der Waals surface area (Å²) in [6.45, 7) is 1.90. The Morgan fingerprint density at radius 1 is 1.20 bits per heavy atom. The van der Waals surface area contributed by atoms with E-state index in [2.05, 4.69) is 5.32 Å². The molecule has 130 valence electrons. The van der Waals surface area contributed by atoms with Crippen LogP contribution >= 0.6 is 11.8 Å². The Morgan fingerprint density at radius 3 is 2.56 bits per heavy atom. The van der Waals surface area contributed by atoms with Crippen molar-refractivity contribution in [2.24, 2.45) is 0 Å². The second-order valence-corrected chi connectivity index (χ2v) is 6.99. The molecule has 6 heteroatoms. The van der Waals surface area contributed by atoms with Gasteiger partial charge in [0.25, 0.3) is 0 Å². The number of hydrogen-bond acceptors (Lipinski definition) is 4. The maximum atomic E-state index is 12.5. The fraction of sp³-hybridized carbons (Fsp3) is 0.263. The Bertz CT molecular complexity index is 766. The van der Waals surface area contributed by atoms with Gasteiger partial charge in [-0.05, 0) is 24.6 Å². The van der Waals surface area contributed by atoms with Crippen molar-refractivity contribution in [3.63, 3.8) is 0 Å². The summed E-state index contributed by atoms with van der Waals surface area (Å²) in [5.74, 6) is 0.579. The highest BCUT2D eigenvalue weighted by Crippen LogP contribution is 2.39. The highest BCUT2D eigenvalue weighted by molar-refractivity contribution is 8.00. The van der Waals surface area contributed by atoms with E-state index in [1.54, 1.807) is 7.11 Å². The zero-order valence-electron chi connectivity index (χ0n) is 14.1. The number of ether oxygens (including phenoxy) is 1. The van der Waals surface area contributed by atoms with Crippen LogP contribution < -0.4 is 10.1 Å². The van der Waals surface area contributed by atoms with E-state index in [-0.39, 0.29) is 23.4 Å². The van der Waals surface area contributed by atoms with E-state index in [0.717, 1.165) is 16.2 Å². The van der Waals surface area contributed by atoms with Crippen molar-refractivity contribution in [1.82, 2.24) is 10.2 Å². The first-order valence-corrected chi connectivity index (χ1v) is 8.95. The molecule has 2 atom stereocenters. The number of likely N-dealkylation sites (tertiary alicyclic amines) is 1. The van der Waals surface area contributed by atoms with Crippen molar-refractivity contribution in [1.29, 1.82) is 0 Å². The van der Waals surface area contributed by atoms with Crippen LogP contribution in [0.2, 0.25) is 0 Å². The second kappa shape index (κ2) is 7.61. The van der Waals surface area contributed by atoms with Crippen molar-refractivity contribution in [3.05, 3.63) is 60.2 Å². The number of amides is 3. The number of nitrogens with one attached hydrogen (secondary N) is 1. The number of rotatable bonds is 5. The number of urea groups is 1. The largest absolute Gasteiger partial charge is 0.496 e. The van der Waals surface area contributed by atoms with Crippen LogP contribution in [0.1, 0.15) is 24.9 Å². The zero-order valence-corrected chi connectivity index (χ0v) is 15.0. The predicted octanol–water partition coefficient (Wildman–Crippen LogP) is 3.82. The minimum absolute atomic E-state index is 0.162. The Balaban J connectivity index is 1.66. The monoisotopic (exact) mass is 356 g/mol. The topological polar surface area (TPSA) is 58.6 Å². The molecule has 0 aromatic heterocycles. The number of carbonyl (C=O) groups excluding carboxylic acids is 2. The highest BCUT2D eigenvalue weighted by atomic mass is 32.2. The van der Waals surface area contributed by atoms with Gasteiger partial charge in [0.1, 0.15) is 11.1 Å². The van der Waals surface area contributed by atoms with Gasteiger partial charge < -0.3 is 10.1 Å². The lowest BCUT2D eigenvalue weighted by Crippen LogP contribution is -2.57. The van der Waals surface area contributed by atoms with E-state index < -0.39 is 0 Å². The molecular weight excluding hydrogens is 336 g/mol. The third-order valence-corrected chi connectivity index (χ3v) is 5.34. The summed E-state index contributed by atoms with van der Waals surface area (Å²) in [7, 11) is 1.61. The van der Waals surface area contributed by atoms with Gasteiger partial charge >= 0.3 is 6.03 Å². The van der Waals surface area contributed by atoms with E-state index in [4.69, 9.17) is 4.74 Å². The molecule has 5 nitrogen and oxygen atoms in total. The number of hydrogen-bond donors (Lipinski definition) is 1. The molecule has 1 aliphatic rings. The quantitative estimate of drug-likeness (QED) is 0.828. The van der Waals surface area contributed by atoms with Gasteiger partial charge in [0.05, 0.1) is 24.5 Å². The predicted molar refractivity (Wildman–Crippen MR) is 97.5 cm³/mol. The van der Waals surface area contributed by atoms with Crippen molar-refractivity contribution in [3.8, 4) is 5.75 Å². The average molecular weight is 356 g/mol. The van der Waals surface area contributed by atoms with E-state index in [0.29, 0.717) is 6.42 Å². The van der Waals surface area contributed by atoms with Gasteiger partial charge in [0.15, 0.2) is 0 Å². The number of para-hydroxylation sites is 1. The maximum Gasteiger partial charge on any atom is 0.325 e. The molecule has 0 saturated carbocycles. The first kappa shape index (κ1) is 17.4. The minimum Gasteiger partial charge on any atom is -0.496 e. The summed E-state index contributed by atoms with van der Waals surface area (Å²) in [4.78, 5) is 26.7. The first-order valence-electron chi connectivity index (χ1n) is 8.07. The van der Waals surface area contributed by atoms with Gasteiger partial charge in [-0.3, -0.25) is 9.69 Å². The number of β-lactam (4-membered cyclic amide) rings is 1. The number of imide groups is 1. The van der Waals surface area contributed by atoms with Crippen LogP contribution in [0.25, 0.3) is 0 Å². The lowest BCUT2D eigenvalue weighted by Gasteiger charge is -2.38. The molecule has 0 unspecified atom stereocenters. The van der Waals surface area contributed by atoms with Crippen LogP contribution in [0.4, 0.5) is 4.79 Å². The second-order valence-electron chi connectivity index (χ2n) is 5.77. The van der Waals surface area contributed by atoms with Gasteiger partial charge in [0, 0.05) is 0 Å². The Morgan fingerprint density at radius 2 is 1.88 bits per heavy atom. The molecule has 1 heterocycles. The molecule has 1 saturated heterocycles. The van der Waals surface area contributed by atoms with E-state index in [1.165, 1.54) is 16.7 Å². The molecule has 1 fully saturated rings. The molecule has 0 radical (unpaired) electrons. The standard InChI is InChI=1S/C19H20N2O3S/c1-13(14-8-4-3-5-9-14)20-19(23)21-17(22)12-18(21)25-16-11-7-6-10-15(16)24-2/h3-11,13,18H,12H2,1-2H3,(H,20,23)/t13-,18+/m0/s1.